The van der Waals surface area contributed by atoms with E-state index in [4.69, 9.17) is 4.74 Å². The second-order valence-electron chi connectivity index (χ2n) is 5.47. The molecule has 0 saturated carbocycles. The third kappa shape index (κ3) is 7.15. The molecule has 0 aliphatic carbocycles. The van der Waals surface area contributed by atoms with Gasteiger partial charge in [-0.15, -0.1) is 24.0 Å². The molecule has 2 rings (SSSR count). The van der Waals surface area contributed by atoms with Crippen LogP contribution in [0.25, 0.3) is 0 Å². The predicted molar refractivity (Wildman–Crippen MR) is 111 cm³/mol. The summed E-state index contributed by atoms with van der Waals surface area (Å²) in [6.45, 7) is 3.71. The Kier molecular flexibility index (Phi) is 9.93. The van der Waals surface area contributed by atoms with E-state index in [-0.39, 0.29) is 35.5 Å². The van der Waals surface area contributed by atoms with Gasteiger partial charge in [0.25, 0.3) is 0 Å². The summed E-state index contributed by atoms with van der Waals surface area (Å²) in [5.41, 5.74) is 1.80. The molecule has 0 aliphatic rings. The summed E-state index contributed by atoms with van der Waals surface area (Å²) in [6, 6.07) is 11.2. The summed E-state index contributed by atoms with van der Waals surface area (Å²) in [5.74, 6) is 0.237. The van der Waals surface area contributed by atoms with Crippen LogP contribution in [0.15, 0.2) is 47.5 Å². The lowest BCUT2D eigenvalue weighted by atomic mass is 10.1. The van der Waals surface area contributed by atoms with Crippen molar-refractivity contribution in [3.05, 3.63) is 65.2 Å². The second kappa shape index (κ2) is 11.7. The van der Waals surface area contributed by atoms with Crippen molar-refractivity contribution < 1.29 is 13.5 Å². The van der Waals surface area contributed by atoms with Gasteiger partial charge in [-0.25, -0.2) is 13.8 Å². The number of nitrogens with zero attached hydrogens (tertiary/aromatic N) is 1. The fourth-order valence-corrected chi connectivity index (χ4v) is 2.30. The zero-order chi connectivity index (χ0) is 18.1. The molecule has 0 atom stereocenters. The van der Waals surface area contributed by atoms with Gasteiger partial charge in [0.1, 0.15) is 5.82 Å². The number of halogens is 3. The summed E-state index contributed by atoms with van der Waals surface area (Å²) in [4.78, 5) is 4.45. The molecule has 0 aliphatic heterocycles. The molecule has 0 spiro atoms. The van der Waals surface area contributed by atoms with Crippen LogP contribution in [0, 0.1) is 11.6 Å². The Morgan fingerprint density at radius 1 is 1.04 bits per heavy atom. The molecule has 0 saturated heterocycles. The van der Waals surface area contributed by atoms with E-state index in [0.717, 1.165) is 24.1 Å². The fraction of sp³-hybridized carbons (Fsp3) is 0.316. The molecular weight excluding hydrogens is 451 g/mol. The lowest BCUT2D eigenvalue weighted by Gasteiger charge is -2.11. The quantitative estimate of drug-likeness (QED) is 0.363. The van der Waals surface area contributed by atoms with Crippen LogP contribution in [0.3, 0.4) is 0 Å². The second-order valence-corrected chi connectivity index (χ2v) is 5.47. The van der Waals surface area contributed by atoms with Crippen molar-refractivity contribution in [3.8, 4) is 5.75 Å². The molecule has 2 aromatic carbocycles. The van der Waals surface area contributed by atoms with Crippen LogP contribution >= 0.6 is 24.0 Å². The summed E-state index contributed by atoms with van der Waals surface area (Å²) >= 11 is 0. The van der Waals surface area contributed by atoms with Gasteiger partial charge < -0.3 is 15.4 Å². The van der Waals surface area contributed by atoms with Crippen molar-refractivity contribution in [2.75, 3.05) is 20.2 Å². The minimum Gasteiger partial charge on any atom is -0.494 e. The molecule has 2 aromatic rings. The number of guanidine groups is 1. The fourth-order valence-electron chi connectivity index (χ4n) is 2.30. The normalized spacial score (nSPS) is 10.8. The Morgan fingerprint density at radius 3 is 2.35 bits per heavy atom. The highest BCUT2D eigenvalue weighted by molar-refractivity contribution is 14.0. The van der Waals surface area contributed by atoms with E-state index in [1.165, 1.54) is 25.3 Å². The van der Waals surface area contributed by atoms with E-state index < -0.39 is 5.82 Å². The predicted octanol–water partition coefficient (Wildman–Crippen LogP) is 3.89. The van der Waals surface area contributed by atoms with E-state index in [0.29, 0.717) is 19.0 Å². The van der Waals surface area contributed by atoms with Gasteiger partial charge in [-0.1, -0.05) is 18.2 Å². The number of methoxy groups -OCH3 is 1. The van der Waals surface area contributed by atoms with Crippen molar-refractivity contribution >= 4 is 29.9 Å². The van der Waals surface area contributed by atoms with Gasteiger partial charge in [0.05, 0.1) is 13.7 Å². The number of ether oxygens (including phenoxy) is 1. The topological polar surface area (TPSA) is 45.7 Å². The molecular formula is C19H24F2IN3O. The number of rotatable bonds is 7. The molecule has 2 N–H and O–H groups in total. The molecule has 0 fully saturated rings. The van der Waals surface area contributed by atoms with Gasteiger partial charge in [0.2, 0.25) is 0 Å². The molecule has 0 heterocycles. The van der Waals surface area contributed by atoms with Gasteiger partial charge >= 0.3 is 0 Å². The average molecular weight is 475 g/mol. The lowest BCUT2D eigenvalue weighted by molar-refractivity contribution is 0.386. The van der Waals surface area contributed by atoms with Crippen LogP contribution in [-0.2, 0) is 13.0 Å². The molecule has 26 heavy (non-hydrogen) atoms. The third-order valence-corrected chi connectivity index (χ3v) is 3.60. The first-order valence-corrected chi connectivity index (χ1v) is 8.21. The standard InChI is InChI=1S/C19H23F2N3O.HI/c1-3-22-19(23-11-10-14-4-7-16(20)8-5-14)24-13-15-6-9-18(25-2)17(21)12-15;/h4-9,12H,3,10-11,13H2,1-2H3,(H2,22,23,24);1H. The van der Waals surface area contributed by atoms with E-state index in [2.05, 4.69) is 15.6 Å². The number of hydrogen-bond donors (Lipinski definition) is 2. The SMILES string of the molecule is CCNC(=NCc1ccc(OC)c(F)c1)NCCc1ccc(F)cc1.I. The Labute approximate surface area is 170 Å². The van der Waals surface area contributed by atoms with Crippen LogP contribution in [0.5, 0.6) is 5.75 Å². The third-order valence-electron chi connectivity index (χ3n) is 3.60. The van der Waals surface area contributed by atoms with Gasteiger partial charge in [-0.05, 0) is 48.7 Å². The highest BCUT2D eigenvalue weighted by Crippen LogP contribution is 2.18. The molecule has 0 amide bonds. The van der Waals surface area contributed by atoms with Crippen LogP contribution in [-0.4, -0.2) is 26.2 Å². The van der Waals surface area contributed by atoms with Crippen LogP contribution in [0.1, 0.15) is 18.1 Å². The first kappa shape index (κ1) is 22.1. The van der Waals surface area contributed by atoms with E-state index >= 15 is 0 Å². The number of nitrogens with one attached hydrogen (secondary N) is 2. The first-order chi connectivity index (χ1) is 12.1. The number of benzene rings is 2. The Balaban J connectivity index is 0.00000338. The summed E-state index contributed by atoms with van der Waals surface area (Å²) in [7, 11) is 1.44. The maximum atomic E-state index is 13.7. The largest absolute Gasteiger partial charge is 0.494 e. The summed E-state index contributed by atoms with van der Waals surface area (Å²) < 4.78 is 31.5. The summed E-state index contributed by atoms with van der Waals surface area (Å²) in [6.07, 6.45) is 0.752. The van der Waals surface area contributed by atoms with E-state index in [1.54, 1.807) is 24.3 Å². The molecule has 142 valence electrons. The lowest BCUT2D eigenvalue weighted by Crippen LogP contribution is -2.38. The molecule has 0 radical (unpaired) electrons. The highest BCUT2D eigenvalue weighted by atomic mass is 127. The van der Waals surface area contributed by atoms with Gasteiger partial charge in [-0.2, -0.15) is 0 Å². The van der Waals surface area contributed by atoms with Crippen molar-refractivity contribution in [2.45, 2.75) is 19.9 Å². The zero-order valence-corrected chi connectivity index (χ0v) is 17.2. The van der Waals surface area contributed by atoms with Crippen molar-refractivity contribution in [2.24, 2.45) is 4.99 Å². The van der Waals surface area contributed by atoms with E-state index in [1.807, 2.05) is 6.92 Å². The monoisotopic (exact) mass is 475 g/mol. The maximum Gasteiger partial charge on any atom is 0.191 e. The van der Waals surface area contributed by atoms with Crippen LogP contribution < -0.4 is 15.4 Å². The Bertz CT molecular complexity index is 708. The highest BCUT2D eigenvalue weighted by Gasteiger charge is 2.04. The number of hydrogen-bond acceptors (Lipinski definition) is 2. The van der Waals surface area contributed by atoms with Crippen LogP contribution in [0.4, 0.5) is 8.78 Å². The zero-order valence-electron chi connectivity index (χ0n) is 14.9. The smallest absolute Gasteiger partial charge is 0.191 e. The molecule has 0 unspecified atom stereocenters. The molecule has 0 bridgehead atoms. The van der Waals surface area contributed by atoms with Gasteiger partial charge in [0.15, 0.2) is 17.5 Å². The van der Waals surface area contributed by atoms with Crippen molar-refractivity contribution in [1.82, 2.24) is 10.6 Å². The minimum absolute atomic E-state index is 0. The summed E-state index contributed by atoms with van der Waals surface area (Å²) in [5, 5.41) is 6.36. The van der Waals surface area contributed by atoms with Crippen molar-refractivity contribution in [3.63, 3.8) is 0 Å². The van der Waals surface area contributed by atoms with Crippen molar-refractivity contribution in [1.29, 1.82) is 0 Å². The molecule has 4 nitrogen and oxygen atoms in total. The molecule has 7 heteroatoms. The average Bonchev–Trinajstić information content (AvgIpc) is 2.61. The first-order valence-electron chi connectivity index (χ1n) is 8.21. The molecule has 0 aromatic heterocycles. The Morgan fingerprint density at radius 2 is 1.73 bits per heavy atom. The van der Waals surface area contributed by atoms with Gasteiger partial charge in [0, 0.05) is 13.1 Å². The van der Waals surface area contributed by atoms with Crippen LogP contribution in [0.2, 0.25) is 0 Å². The Hall–Kier alpha value is -1.90. The van der Waals surface area contributed by atoms with Gasteiger partial charge in [-0.3, -0.25) is 0 Å². The minimum atomic E-state index is -0.399. The number of aliphatic imine (C=N–C) groups is 1. The maximum absolute atomic E-state index is 13.7. The van der Waals surface area contributed by atoms with E-state index in [9.17, 15) is 8.78 Å².